The molecule has 2 nitrogen and oxygen atoms in total. The minimum atomic E-state index is -0.192. The molecule has 1 aromatic heterocycles. The predicted molar refractivity (Wildman–Crippen MR) is 72.8 cm³/mol. The standard InChI is InChI=1S/C14H14BrFN2/c15-8-10-7-11(16)5-6-13(10)18-9-17-12-3-1-2-4-14(12)18/h5-7,9H,1-4,8H2. The normalized spacial score (nSPS) is 14.6. The highest BCUT2D eigenvalue weighted by Crippen LogP contribution is 2.26. The van der Waals surface area contributed by atoms with Crippen molar-refractivity contribution in [1.82, 2.24) is 9.55 Å². The maximum absolute atomic E-state index is 13.3. The first-order chi connectivity index (χ1) is 8.79. The fourth-order valence-electron chi connectivity index (χ4n) is 2.57. The van der Waals surface area contributed by atoms with E-state index in [4.69, 9.17) is 0 Å². The van der Waals surface area contributed by atoms with E-state index in [0.717, 1.165) is 24.1 Å². The first-order valence-electron chi connectivity index (χ1n) is 6.19. The highest BCUT2D eigenvalue weighted by molar-refractivity contribution is 9.08. The number of halogens is 2. The molecular weight excluding hydrogens is 295 g/mol. The van der Waals surface area contributed by atoms with E-state index in [9.17, 15) is 4.39 Å². The highest BCUT2D eigenvalue weighted by atomic mass is 79.9. The van der Waals surface area contributed by atoms with Crippen LogP contribution in [0.25, 0.3) is 5.69 Å². The SMILES string of the molecule is Fc1ccc(-n2cnc3c2CCCC3)c(CBr)c1. The Balaban J connectivity index is 2.12. The van der Waals surface area contributed by atoms with Gasteiger partial charge in [-0.1, -0.05) is 15.9 Å². The van der Waals surface area contributed by atoms with Crippen LogP contribution in [0, 0.1) is 5.82 Å². The van der Waals surface area contributed by atoms with Gasteiger partial charge in [-0.25, -0.2) is 9.37 Å². The maximum atomic E-state index is 13.3. The molecule has 94 valence electrons. The summed E-state index contributed by atoms with van der Waals surface area (Å²) in [5, 5.41) is 0.646. The number of aryl methyl sites for hydroxylation is 1. The van der Waals surface area contributed by atoms with Crippen molar-refractivity contribution >= 4 is 15.9 Å². The molecule has 0 amide bonds. The van der Waals surface area contributed by atoms with Crippen LogP contribution in [-0.4, -0.2) is 9.55 Å². The lowest BCUT2D eigenvalue weighted by Gasteiger charge is -2.16. The summed E-state index contributed by atoms with van der Waals surface area (Å²) in [7, 11) is 0. The summed E-state index contributed by atoms with van der Waals surface area (Å²) < 4.78 is 15.4. The first-order valence-corrected chi connectivity index (χ1v) is 7.31. The first kappa shape index (κ1) is 11.9. The van der Waals surface area contributed by atoms with Gasteiger partial charge in [0, 0.05) is 11.0 Å². The van der Waals surface area contributed by atoms with Crippen LogP contribution >= 0.6 is 15.9 Å². The Bertz CT molecular complexity index is 577. The second-order valence-electron chi connectivity index (χ2n) is 4.62. The zero-order chi connectivity index (χ0) is 12.5. The smallest absolute Gasteiger partial charge is 0.123 e. The zero-order valence-electron chi connectivity index (χ0n) is 10.00. The van der Waals surface area contributed by atoms with Crippen molar-refractivity contribution in [2.24, 2.45) is 0 Å². The Kier molecular flexibility index (Phi) is 3.20. The van der Waals surface area contributed by atoms with Crippen LogP contribution < -0.4 is 0 Å². The Hall–Kier alpha value is -1.16. The summed E-state index contributed by atoms with van der Waals surface area (Å²) >= 11 is 3.42. The molecule has 2 aromatic rings. The molecule has 1 aliphatic carbocycles. The quantitative estimate of drug-likeness (QED) is 0.772. The molecule has 1 aliphatic rings. The molecule has 0 saturated heterocycles. The van der Waals surface area contributed by atoms with E-state index in [1.54, 1.807) is 6.07 Å². The van der Waals surface area contributed by atoms with E-state index in [1.165, 1.54) is 30.3 Å². The van der Waals surface area contributed by atoms with Crippen molar-refractivity contribution in [3.8, 4) is 5.69 Å². The number of alkyl halides is 1. The Morgan fingerprint density at radius 2 is 2.11 bits per heavy atom. The van der Waals surface area contributed by atoms with Crippen LogP contribution in [0.2, 0.25) is 0 Å². The van der Waals surface area contributed by atoms with Crippen molar-refractivity contribution in [2.45, 2.75) is 31.0 Å². The summed E-state index contributed by atoms with van der Waals surface area (Å²) in [6.45, 7) is 0. The van der Waals surface area contributed by atoms with Crippen molar-refractivity contribution in [2.75, 3.05) is 0 Å². The number of rotatable bonds is 2. The number of aromatic nitrogens is 2. The molecule has 0 unspecified atom stereocenters. The number of nitrogens with zero attached hydrogens (tertiary/aromatic N) is 2. The molecule has 0 N–H and O–H groups in total. The Morgan fingerprint density at radius 1 is 1.28 bits per heavy atom. The van der Waals surface area contributed by atoms with Gasteiger partial charge in [0.15, 0.2) is 0 Å². The van der Waals surface area contributed by atoms with Crippen LogP contribution in [0.1, 0.15) is 29.8 Å². The molecule has 3 rings (SSSR count). The topological polar surface area (TPSA) is 17.8 Å². The van der Waals surface area contributed by atoms with E-state index >= 15 is 0 Å². The Labute approximate surface area is 114 Å². The van der Waals surface area contributed by atoms with Crippen LogP contribution in [0.4, 0.5) is 4.39 Å². The largest absolute Gasteiger partial charge is 0.303 e. The third-order valence-electron chi connectivity index (χ3n) is 3.48. The number of hydrogen-bond donors (Lipinski definition) is 0. The lowest BCUT2D eigenvalue weighted by molar-refractivity contribution is 0.625. The summed E-state index contributed by atoms with van der Waals surface area (Å²) in [6.07, 6.45) is 6.43. The molecule has 18 heavy (non-hydrogen) atoms. The lowest BCUT2D eigenvalue weighted by Crippen LogP contribution is -2.08. The molecule has 0 atom stereocenters. The van der Waals surface area contributed by atoms with Gasteiger partial charge in [0.25, 0.3) is 0 Å². The van der Waals surface area contributed by atoms with E-state index in [1.807, 2.05) is 12.4 Å². The van der Waals surface area contributed by atoms with Gasteiger partial charge in [0.05, 0.1) is 17.7 Å². The number of fused-ring (bicyclic) bond motifs is 1. The fraction of sp³-hybridized carbons (Fsp3) is 0.357. The van der Waals surface area contributed by atoms with E-state index in [-0.39, 0.29) is 5.82 Å². The average Bonchev–Trinajstić information content (AvgIpc) is 2.82. The van der Waals surface area contributed by atoms with Crippen molar-refractivity contribution in [3.05, 3.63) is 47.3 Å². The predicted octanol–water partition coefficient (Wildman–Crippen LogP) is 3.79. The van der Waals surface area contributed by atoms with Gasteiger partial charge in [-0.15, -0.1) is 0 Å². The third kappa shape index (κ3) is 1.99. The van der Waals surface area contributed by atoms with Crippen LogP contribution in [0.5, 0.6) is 0 Å². The summed E-state index contributed by atoms with van der Waals surface area (Å²) in [4.78, 5) is 4.48. The molecule has 0 aliphatic heterocycles. The molecule has 0 fully saturated rings. The number of benzene rings is 1. The summed E-state index contributed by atoms with van der Waals surface area (Å²) in [5.41, 5.74) is 4.48. The minimum absolute atomic E-state index is 0.192. The monoisotopic (exact) mass is 308 g/mol. The molecule has 4 heteroatoms. The van der Waals surface area contributed by atoms with E-state index < -0.39 is 0 Å². The molecule has 0 radical (unpaired) electrons. The van der Waals surface area contributed by atoms with Crippen molar-refractivity contribution < 1.29 is 4.39 Å². The molecule has 1 aromatic carbocycles. The van der Waals surface area contributed by atoms with Crippen LogP contribution in [0.15, 0.2) is 24.5 Å². The molecule has 0 bridgehead atoms. The minimum Gasteiger partial charge on any atom is -0.303 e. The summed E-state index contributed by atoms with van der Waals surface area (Å²) in [6, 6.07) is 4.93. The Morgan fingerprint density at radius 3 is 2.94 bits per heavy atom. The molecule has 0 saturated carbocycles. The van der Waals surface area contributed by atoms with Gasteiger partial charge in [0.2, 0.25) is 0 Å². The second kappa shape index (κ2) is 4.84. The van der Waals surface area contributed by atoms with Crippen molar-refractivity contribution in [3.63, 3.8) is 0 Å². The number of hydrogen-bond acceptors (Lipinski definition) is 1. The average molecular weight is 309 g/mol. The zero-order valence-corrected chi connectivity index (χ0v) is 11.6. The van der Waals surface area contributed by atoms with Gasteiger partial charge in [0.1, 0.15) is 5.82 Å². The van der Waals surface area contributed by atoms with Gasteiger partial charge in [-0.05, 0) is 49.4 Å². The van der Waals surface area contributed by atoms with Gasteiger partial charge < -0.3 is 4.57 Å². The van der Waals surface area contributed by atoms with Crippen molar-refractivity contribution in [1.29, 1.82) is 0 Å². The maximum Gasteiger partial charge on any atom is 0.123 e. The van der Waals surface area contributed by atoms with Gasteiger partial charge in [-0.3, -0.25) is 0 Å². The number of imidazole rings is 1. The van der Waals surface area contributed by atoms with Crippen LogP contribution in [-0.2, 0) is 18.2 Å². The second-order valence-corrected chi connectivity index (χ2v) is 5.18. The van der Waals surface area contributed by atoms with E-state index in [0.29, 0.717) is 5.33 Å². The fourth-order valence-corrected chi connectivity index (χ4v) is 3.02. The molecule has 1 heterocycles. The van der Waals surface area contributed by atoms with Crippen LogP contribution in [0.3, 0.4) is 0 Å². The van der Waals surface area contributed by atoms with E-state index in [2.05, 4.69) is 25.5 Å². The molecule has 0 spiro atoms. The lowest BCUT2D eigenvalue weighted by atomic mass is 10.0. The van der Waals surface area contributed by atoms with Gasteiger partial charge in [-0.2, -0.15) is 0 Å². The highest BCUT2D eigenvalue weighted by Gasteiger charge is 2.17. The third-order valence-corrected chi connectivity index (χ3v) is 4.08. The summed E-state index contributed by atoms with van der Waals surface area (Å²) in [5.74, 6) is -0.192. The molecular formula is C14H14BrFN2. The van der Waals surface area contributed by atoms with Gasteiger partial charge >= 0.3 is 0 Å².